The standard InChI is InChI=1S/C30H45NO6/c1-16(2)9-21-10-19(6)37-26(25(33)31-21)36-15-29-13-22-18(5)7-8-23(22)28(14-32)12-20(29)11-24(17(3)4)30(28,29)27(34)35/h11,14,17-23,25-26,31,33H,1,7-10,12-13,15H2,2-6H3,(H,34,35)/t18-,19-,20+,21?,22-,23-,25-,26-,28+,29+,30+/m1/s1. The van der Waals surface area contributed by atoms with E-state index in [0.29, 0.717) is 24.7 Å². The van der Waals surface area contributed by atoms with Gasteiger partial charge in [0.2, 0.25) is 0 Å². The van der Waals surface area contributed by atoms with Crippen molar-refractivity contribution in [3.63, 3.8) is 0 Å². The van der Waals surface area contributed by atoms with Gasteiger partial charge in [0.15, 0.2) is 12.5 Å². The Morgan fingerprint density at radius 2 is 2.05 bits per heavy atom. The molecule has 206 valence electrons. The number of allylic oxidation sites excluding steroid dienone is 1. The van der Waals surface area contributed by atoms with Crippen LogP contribution in [0.2, 0.25) is 0 Å². The third kappa shape index (κ3) is 3.60. The molecule has 7 nitrogen and oxygen atoms in total. The lowest BCUT2D eigenvalue weighted by Gasteiger charge is -2.58. The summed E-state index contributed by atoms with van der Waals surface area (Å²) in [6.45, 7) is 14.4. The topological polar surface area (TPSA) is 105 Å². The molecule has 0 spiro atoms. The fourth-order valence-electron chi connectivity index (χ4n) is 9.71. The van der Waals surface area contributed by atoms with Gasteiger partial charge in [-0.15, -0.1) is 6.58 Å². The fourth-order valence-corrected chi connectivity index (χ4v) is 9.71. The Balaban J connectivity index is 1.52. The Morgan fingerprint density at radius 1 is 1.32 bits per heavy atom. The molecule has 7 heteroatoms. The minimum absolute atomic E-state index is 0.0137. The van der Waals surface area contributed by atoms with Crippen LogP contribution in [0, 0.1) is 45.8 Å². The maximum Gasteiger partial charge on any atom is 0.315 e. The summed E-state index contributed by atoms with van der Waals surface area (Å²) in [4.78, 5) is 26.7. The Labute approximate surface area is 221 Å². The van der Waals surface area contributed by atoms with Crippen LogP contribution in [-0.2, 0) is 19.1 Å². The van der Waals surface area contributed by atoms with Gasteiger partial charge >= 0.3 is 5.97 Å². The number of aldehydes is 1. The van der Waals surface area contributed by atoms with Crippen LogP contribution in [0.4, 0.5) is 0 Å². The van der Waals surface area contributed by atoms with Crippen LogP contribution >= 0.6 is 0 Å². The number of aliphatic hydroxyl groups is 1. The van der Waals surface area contributed by atoms with E-state index in [2.05, 4.69) is 24.9 Å². The van der Waals surface area contributed by atoms with Crippen molar-refractivity contribution in [1.29, 1.82) is 0 Å². The molecule has 3 saturated carbocycles. The van der Waals surface area contributed by atoms with E-state index >= 15 is 0 Å². The van der Waals surface area contributed by atoms with Crippen molar-refractivity contribution >= 4 is 12.3 Å². The molecule has 0 radical (unpaired) electrons. The zero-order valence-corrected chi connectivity index (χ0v) is 23.0. The van der Waals surface area contributed by atoms with E-state index in [1.807, 2.05) is 27.7 Å². The number of carbonyl (C=O) groups excluding carboxylic acids is 1. The Bertz CT molecular complexity index is 993. The number of fused-ring (bicyclic) bond motifs is 2. The molecule has 4 fully saturated rings. The predicted molar refractivity (Wildman–Crippen MR) is 139 cm³/mol. The predicted octanol–water partition coefficient (Wildman–Crippen LogP) is 4.31. The average Bonchev–Trinajstić information content (AvgIpc) is 3.34. The zero-order valence-electron chi connectivity index (χ0n) is 23.0. The van der Waals surface area contributed by atoms with Gasteiger partial charge in [-0.25, -0.2) is 0 Å². The number of ether oxygens (including phenoxy) is 2. The molecule has 0 aromatic heterocycles. The first-order valence-electron chi connectivity index (χ1n) is 14.2. The van der Waals surface area contributed by atoms with Crippen LogP contribution in [0.25, 0.3) is 0 Å². The molecule has 11 atom stereocenters. The lowest BCUT2D eigenvalue weighted by atomic mass is 9.43. The van der Waals surface area contributed by atoms with Crippen molar-refractivity contribution in [3.8, 4) is 0 Å². The highest BCUT2D eigenvalue weighted by Gasteiger charge is 2.84. The van der Waals surface area contributed by atoms with Gasteiger partial charge in [0.25, 0.3) is 0 Å². The number of aliphatic carboxylic acids is 1. The van der Waals surface area contributed by atoms with Gasteiger partial charge in [0, 0.05) is 11.5 Å². The summed E-state index contributed by atoms with van der Waals surface area (Å²) in [5.74, 6) is -0.104. The number of nitrogens with one attached hydrogen (secondary N) is 1. The van der Waals surface area contributed by atoms with Gasteiger partial charge in [-0.1, -0.05) is 44.4 Å². The first-order valence-corrected chi connectivity index (χ1v) is 14.2. The molecule has 1 aliphatic heterocycles. The molecule has 5 rings (SSSR count). The molecule has 4 aliphatic carbocycles. The number of hydrogen-bond donors (Lipinski definition) is 3. The molecule has 3 N–H and O–H groups in total. The summed E-state index contributed by atoms with van der Waals surface area (Å²) in [7, 11) is 0. The number of rotatable bonds is 8. The first-order chi connectivity index (χ1) is 17.4. The van der Waals surface area contributed by atoms with Crippen molar-refractivity contribution in [1.82, 2.24) is 5.32 Å². The largest absolute Gasteiger partial charge is 0.481 e. The molecular weight excluding hydrogens is 470 g/mol. The van der Waals surface area contributed by atoms with E-state index in [4.69, 9.17) is 9.47 Å². The minimum Gasteiger partial charge on any atom is -0.481 e. The smallest absolute Gasteiger partial charge is 0.315 e. The number of carboxylic acids is 1. The van der Waals surface area contributed by atoms with Gasteiger partial charge in [0.1, 0.15) is 11.7 Å². The summed E-state index contributed by atoms with van der Waals surface area (Å²) >= 11 is 0. The van der Waals surface area contributed by atoms with E-state index in [-0.39, 0.29) is 36.5 Å². The van der Waals surface area contributed by atoms with Crippen molar-refractivity contribution in [2.24, 2.45) is 45.8 Å². The number of carbonyl (C=O) groups is 2. The van der Waals surface area contributed by atoms with Gasteiger partial charge in [-0.2, -0.15) is 0 Å². The zero-order chi connectivity index (χ0) is 26.9. The Kier molecular flexibility index (Phi) is 6.79. The highest BCUT2D eigenvalue weighted by atomic mass is 16.7. The second-order valence-electron chi connectivity index (χ2n) is 13.3. The van der Waals surface area contributed by atoms with E-state index in [0.717, 1.165) is 43.1 Å². The van der Waals surface area contributed by atoms with E-state index in [1.165, 1.54) is 0 Å². The lowest BCUT2D eigenvalue weighted by molar-refractivity contribution is -0.240. The van der Waals surface area contributed by atoms with E-state index in [9.17, 15) is 19.8 Å². The molecule has 1 heterocycles. The van der Waals surface area contributed by atoms with Crippen LogP contribution in [0.15, 0.2) is 23.8 Å². The molecule has 0 aromatic rings. The molecule has 4 bridgehead atoms. The van der Waals surface area contributed by atoms with Crippen LogP contribution in [0.5, 0.6) is 0 Å². The molecule has 0 amide bonds. The van der Waals surface area contributed by atoms with Crippen molar-refractivity contribution in [2.45, 2.75) is 97.8 Å². The molecule has 1 saturated heterocycles. The summed E-state index contributed by atoms with van der Waals surface area (Å²) < 4.78 is 12.6. The van der Waals surface area contributed by atoms with Crippen LogP contribution in [0.3, 0.4) is 0 Å². The third-order valence-corrected chi connectivity index (χ3v) is 10.9. The SMILES string of the molecule is C=C(C)CC1C[C@@H](C)O[C@@H](OC[C@@]23C[C@@H]4[C@H](C)CC[C@H]4[C@@]4(C=O)C[C@@H]2C=C(C(C)C)[C@@]34C(=O)O)[C@@H](O)N1. The van der Waals surface area contributed by atoms with E-state index < -0.39 is 34.7 Å². The summed E-state index contributed by atoms with van der Waals surface area (Å²) in [6, 6.07) is 0.0222. The van der Waals surface area contributed by atoms with E-state index in [1.54, 1.807) is 0 Å². The van der Waals surface area contributed by atoms with Gasteiger partial charge in [-0.05, 0) is 75.5 Å². The Morgan fingerprint density at radius 3 is 2.68 bits per heavy atom. The average molecular weight is 516 g/mol. The van der Waals surface area contributed by atoms with Crippen molar-refractivity contribution < 1.29 is 29.3 Å². The van der Waals surface area contributed by atoms with Gasteiger partial charge in [-0.3, -0.25) is 10.1 Å². The minimum atomic E-state index is -1.29. The van der Waals surface area contributed by atoms with Crippen molar-refractivity contribution in [3.05, 3.63) is 23.8 Å². The number of carboxylic acid groups (broad SMARTS) is 1. The van der Waals surface area contributed by atoms with Gasteiger partial charge in [0.05, 0.1) is 18.1 Å². The monoisotopic (exact) mass is 515 g/mol. The number of aliphatic hydroxyl groups excluding tert-OH is 1. The molecular formula is C30H45NO6. The van der Waals surface area contributed by atoms with Crippen LogP contribution in [0.1, 0.15) is 73.1 Å². The maximum atomic E-state index is 13.6. The lowest BCUT2D eigenvalue weighted by Crippen LogP contribution is -2.64. The highest BCUT2D eigenvalue weighted by Crippen LogP contribution is 2.82. The third-order valence-electron chi connectivity index (χ3n) is 10.9. The summed E-state index contributed by atoms with van der Waals surface area (Å²) in [5, 5.41) is 25.4. The summed E-state index contributed by atoms with van der Waals surface area (Å²) in [6.07, 6.45) is 5.77. The fraction of sp³-hybridized carbons (Fsp3) is 0.800. The highest BCUT2D eigenvalue weighted by molar-refractivity contribution is 5.90. The number of hydrogen-bond acceptors (Lipinski definition) is 6. The maximum absolute atomic E-state index is 13.6. The second-order valence-corrected chi connectivity index (χ2v) is 13.3. The Hall–Kier alpha value is -1.54. The van der Waals surface area contributed by atoms with Crippen LogP contribution in [-0.4, -0.2) is 53.7 Å². The van der Waals surface area contributed by atoms with Gasteiger partial charge < -0.3 is 24.5 Å². The first kappa shape index (κ1) is 27.0. The van der Waals surface area contributed by atoms with Crippen molar-refractivity contribution in [2.75, 3.05) is 6.61 Å². The quantitative estimate of drug-likeness (QED) is 0.327. The molecule has 0 aromatic carbocycles. The molecule has 1 unspecified atom stereocenters. The normalized spacial score (nSPS) is 48.5. The molecule has 37 heavy (non-hydrogen) atoms. The molecule has 5 aliphatic rings. The summed E-state index contributed by atoms with van der Waals surface area (Å²) in [5.41, 5.74) is -1.03. The second kappa shape index (κ2) is 9.29. The van der Waals surface area contributed by atoms with Crippen LogP contribution < -0.4 is 5.32 Å².